The summed E-state index contributed by atoms with van der Waals surface area (Å²) in [6, 6.07) is 14.4. The highest BCUT2D eigenvalue weighted by Gasteiger charge is 2.52. The first-order chi connectivity index (χ1) is 18.1. The van der Waals surface area contributed by atoms with E-state index in [-0.39, 0.29) is 29.3 Å². The number of halogens is 2. The summed E-state index contributed by atoms with van der Waals surface area (Å²) in [6.45, 7) is 3.59. The number of nitrogens with zero attached hydrogens (tertiary/aromatic N) is 3. The molecule has 2 aromatic carbocycles. The van der Waals surface area contributed by atoms with Gasteiger partial charge < -0.3 is 4.52 Å². The van der Waals surface area contributed by atoms with Gasteiger partial charge in [0.15, 0.2) is 15.7 Å². The van der Waals surface area contributed by atoms with E-state index in [0.717, 1.165) is 29.5 Å². The Morgan fingerprint density at radius 1 is 1.03 bits per heavy atom. The zero-order chi connectivity index (χ0) is 27.1. The van der Waals surface area contributed by atoms with Gasteiger partial charge in [-0.2, -0.15) is 4.98 Å². The molecule has 1 aliphatic carbocycles. The van der Waals surface area contributed by atoms with Gasteiger partial charge in [0, 0.05) is 45.9 Å². The minimum atomic E-state index is -3.34. The minimum absolute atomic E-state index is 0.00755. The normalized spacial score (nSPS) is 14.4. The minimum Gasteiger partial charge on any atom is -0.334 e. The summed E-state index contributed by atoms with van der Waals surface area (Å²) in [5, 5.41) is 5.15. The van der Waals surface area contributed by atoms with Crippen LogP contribution in [0.3, 0.4) is 0 Å². The first-order valence-electron chi connectivity index (χ1n) is 12.2. The fourth-order valence-electron chi connectivity index (χ4n) is 4.48. The van der Waals surface area contributed by atoms with Crippen LogP contribution in [0.5, 0.6) is 0 Å². The molecule has 0 bridgehead atoms. The van der Waals surface area contributed by atoms with Crippen LogP contribution in [0.1, 0.15) is 48.0 Å². The maximum Gasteiger partial charge on any atom is 0.257 e. The molecule has 196 valence electrons. The Morgan fingerprint density at radius 3 is 2.29 bits per heavy atom. The molecule has 1 aliphatic rings. The number of pyridine rings is 1. The predicted molar refractivity (Wildman–Crippen MR) is 145 cm³/mol. The molecule has 0 amide bonds. The van der Waals surface area contributed by atoms with Gasteiger partial charge in [-0.1, -0.05) is 53.0 Å². The summed E-state index contributed by atoms with van der Waals surface area (Å²) in [5.74, 6) is 0.882. The number of aryl methyl sites for hydroxylation is 1. The number of ketones is 1. The Kier molecular flexibility index (Phi) is 7.15. The average molecular weight is 570 g/mol. The van der Waals surface area contributed by atoms with E-state index in [1.165, 1.54) is 12.3 Å². The second-order valence-electron chi connectivity index (χ2n) is 9.59. The molecule has 2 heterocycles. The Labute approximate surface area is 231 Å². The summed E-state index contributed by atoms with van der Waals surface area (Å²) in [6.07, 6.45) is 3.04. The van der Waals surface area contributed by atoms with E-state index in [9.17, 15) is 13.2 Å². The molecule has 0 radical (unpaired) electrons. The first-order valence-corrected chi connectivity index (χ1v) is 14.6. The fourth-order valence-corrected chi connectivity index (χ4v) is 6.20. The maximum absolute atomic E-state index is 12.7. The number of benzene rings is 2. The number of Topliss-reactive ketones (excluding diaryl/α,β-unsaturated/α-hetero) is 1. The van der Waals surface area contributed by atoms with Crippen LogP contribution >= 0.6 is 23.2 Å². The molecule has 5 rings (SSSR count). The van der Waals surface area contributed by atoms with Gasteiger partial charge >= 0.3 is 0 Å². The number of hydrogen-bond donors (Lipinski definition) is 0. The lowest BCUT2D eigenvalue weighted by Gasteiger charge is -2.16. The number of rotatable bonds is 9. The average Bonchev–Trinajstić information content (AvgIpc) is 3.51. The third kappa shape index (κ3) is 5.25. The van der Waals surface area contributed by atoms with Crippen molar-refractivity contribution in [2.45, 2.75) is 49.8 Å². The lowest BCUT2D eigenvalue weighted by molar-refractivity contribution is -0.117. The van der Waals surface area contributed by atoms with Crippen molar-refractivity contribution in [1.29, 1.82) is 0 Å². The topological polar surface area (TPSA) is 103 Å². The summed E-state index contributed by atoms with van der Waals surface area (Å²) < 4.78 is 29.5. The predicted octanol–water partition coefficient (Wildman–Crippen LogP) is 5.97. The first kappa shape index (κ1) is 26.5. The van der Waals surface area contributed by atoms with E-state index in [1.54, 1.807) is 25.1 Å². The molecular weight excluding hydrogens is 545 g/mol. The molecule has 38 heavy (non-hydrogen) atoms. The SMILES string of the molecule is CCS(=O)(=O)c1ccc(CC(=O)Cc2cc(Cl)c(C3(c4noc(-c5ccc(C)cc5)n4)CC3)c(Cl)c2)nc1. The van der Waals surface area contributed by atoms with E-state index in [4.69, 9.17) is 27.7 Å². The second kappa shape index (κ2) is 10.2. The van der Waals surface area contributed by atoms with Crippen molar-refractivity contribution in [1.82, 2.24) is 15.1 Å². The van der Waals surface area contributed by atoms with Crippen LogP contribution in [0.15, 0.2) is 64.1 Å². The van der Waals surface area contributed by atoms with Crippen LogP contribution in [0, 0.1) is 6.92 Å². The zero-order valence-corrected chi connectivity index (χ0v) is 23.2. The summed E-state index contributed by atoms with van der Waals surface area (Å²) >= 11 is 13.4. The summed E-state index contributed by atoms with van der Waals surface area (Å²) in [7, 11) is -3.34. The highest BCUT2D eigenvalue weighted by Crippen LogP contribution is 2.56. The van der Waals surface area contributed by atoms with Crippen molar-refractivity contribution in [2.24, 2.45) is 0 Å². The van der Waals surface area contributed by atoms with E-state index in [1.807, 2.05) is 31.2 Å². The van der Waals surface area contributed by atoms with Gasteiger partial charge in [0.05, 0.1) is 16.1 Å². The lowest BCUT2D eigenvalue weighted by atomic mass is 9.92. The van der Waals surface area contributed by atoms with Gasteiger partial charge in [-0.05, 0) is 61.7 Å². The molecule has 0 saturated heterocycles. The van der Waals surface area contributed by atoms with Crippen LogP contribution in [-0.4, -0.2) is 35.1 Å². The second-order valence-corrected chi connectivity index (χ2v) is 12.7. The maximum atomic E-state index is 12.7. The Balaban J connectivity index is 1.32. The number of aromatic nitrogens is 3. The molecule has 4 aromatic rings. The van der Waals surface area contributed by atoms with Crippen molar-refractivity contribution < 1.29 is 17.7 Å². The van der Waals surface area contributed by atoms with Crippen LogP contribution in [-0.2, 0) is 32.9 Å². The van der Waals surface area contributed by atoms with E-state index < -0.39 is 15.3 Å². The number of sulfone groups is 1. The van der Waals surface area contributed by atoms with Crippen LogP contribution in [0.2, 0.25) is 10.0 Å². The van der Waals surface area contributed by atoms with Crippen molar-refractivity contribution in [3.8, 4) is 11.5 Å². The molecule has 10 heteroatoms. The van der Waals surface area contributed by atoms with Gasteiger partial charge in [-0.15, -0.1) is 0 Å². The van der Waals surface area contributed by atoms with E-state index in [0.29, 0.717) is 33.0 Å². The Morgan fingerprint density at radius 2 is 1.71 bits per heavy atom. The van der Waals surface area contributed by atoms with Crippen molar-refractivity contribution in [3.05, 3.63) is 93.0 Å². The molecule has 0 spiro atoms. The zero-order valence-electron chi connectivity index (χ0n) is 20.9. The molecular formula is C28H25Cl2N3O4S. The Bertz CT molecular complexity index is 1590. The molecule has 0 unspecified atom stereocenters. The van der Waals surface area contributed by atoms with Crippen molar-refractivity contribution >= 4 is 38.8 Å². The molecule has 2 aromatic heterocycles. The quantitative estimate of drug-likeness (QED) is 0.244. The molecule has 0 atom stereocenters. The fraction of sp³-hybridized carbons (Fsp3) is 0.286. The smallest absolute Gasteiger partial charge is 0.257 e. The number of hydrogen-bond acceptors (Lipinski definition) is 7. The van der Waals surface area contributed by atoms with Gasteiger partial charge in [0.1, 0.15) is 5.78 Å². The van der Waals surface area contributed by atoms with Crippen molar-refractivity contribution in [3.63, 3.8) is 0 Å². The summed E-state index contributed by atoms with van der Waals surface area (Å²) in [4.78, 5) is 21.7. The lowest BCUT2D eigenvalue weighted by Crippen LogP contribution is -2.14. The van der Waals surface area contributed by atoms with Crippen LogP contribution in [0.25, 0.3) is 11.5 Å². The monoisotopic (exact) mass is 569 g/mol. The number of carbonyl (C=O) groups is 1. The number of carbonyl (C=O) groups excluding carboxylic acids is 1. The van der Waals surface area contributed by atoms with Crippen molar-refractivity contribution in [2.75, 3.05) is 5.75 Å². The van der Waals surface area contributed by atoms with Gasteiger partial charge in [-0.3, -0.25) is 9.78 Å². The van der Waals surface area contributed by atoms with Gasteiger partial charge in [0.25, 0.3) is 5.89 Å². The van der Waals surface area contributed by atoms with Gasteiger partial charge in [-0.25, -0.2) is 8.42 Å². The van der Waals surface area contributed by atoms with E-state index >= 15 is 0 Å². The van der Waals surface area contributed by atoms with E-state index in [2.05, 4.69) is 15.1 Å². The van der Waals surface area contributed by atoms with Gasteiger partial charge in [0.2, 0.25) is 0 Å². The standard InChI is InChI=1S/C28H25Cl2N3O4S/c1-3-38(35,36)22-9-8-20(31-16-22)15-21(34)12-18-13-23(29)25(24(30)14-18)28(10-11-28)27-32-26(37-33-27)19-6-4-17(2)5-7-19/h4-9,13-14,16H,3,10-12,15H2,1-2H3. The Hall–Kier alpha value is -3.07. The summed E-state index contributed by atoms with van der Waals surface area (Å²) in [5.41, 5.74) is 3.38. The largest absolute Gasteiger partial charge is 0.334 e. The molecule has 0 aliphatic heterocycles. The molecule has 1 saturated carbocycles. The third-order valence-corrected chi connectivity index (χ3v) is 9.12. The van der Waals surface area contributed by atoms with Crippen LogP contribution < -0.4 is 0 Å². The molecule has 1 fully saturated rings. The highest BCUT2D eigenvalue weighted by atomic mass is 35.5. The molecule has 7 nitrogen and oxygen atoms in total. The van der Waals surface area contributed by atoms with Crippen LogP contribution in [0.4, 0.5) is 0 Å². The molecule has 0 N–H and O–H groups in total. The highest BCUT2D eigenvalue weighted by molar-refractivity contribution is 7.91. The third-order valence-electron chi connectivity index (χ3n) is 6.80.